The molecule has 302 valence electrons. The Morgan fingerprint density at radius 2 is 1.52 bits per heavy atom. The summed E-state index contributed by atoms with van der Waals surface area (Å²) >= 11 is 0. The van der Waals surface area contributed by atoms with Crippen LogP contribution in [0.2, 0.25) is 0 Å². The summed E-state index contributed by atoms with van der Waals surface area (Å²) in [6.45, 7) is 14.5. The van der Waals surface area contributed by atoms with Crippen molar-refractivity contribution in [3.05, 3.63) is 0 Å². The fraction of sp³-hybridized carbons (Fsp3) is 0.860. The van der Waals surface area contributed by atoms with Gasteiger partial charge in [-0.05, 0) is 100.0 Å². The lowest BCUT2D eigenvalue weighted by Crippen LogP contribution is -2.55. The van der Waals surface area contributed by atoms with Crippen molar-refractivity contribution >= 4 is 35.2 Å². The fourth-order valence-electron chi connectivity index (χ4n) is 11.4. The van der Waals surface area contributed by atoms with E-state index in [4.69, 9.17) is 0 Å². The molecule has 6 aliphatic rings. The zero-order valence-electron chi connectivity index (χ0n) is 34.3. The van der Waals surface area contributed by atoms with E-state index in [1.807, 2.05) is 34.7 Å². The second kappa shape index (κ2) is 15.6. The lowest BCUT2D eigenvalue weighted by atomic mass is 9.73. The molecule has 2 heterocycles. The summed E-state index contributed by atoms with van der Waals surface area (Å²) < 4.78 is 0. The number of ketones is 2. The van der Waals surface area contributed by atoms with Crippen molar-refractivity contribution in [3.63, 3.8) is 0 Å². The molecular formula is C43H69N5O6. The SMILES string of the molecule is CCC[C@H](NC(=O)[C@@H]1C[C@@]2(CN1C(=O)[C@@H](CC(=O)[C@@H](NC(=O)[C@@H]1CCCN(C)C1)C1CCCCC1)C(C)(C)C)C(C)(C)C21CCC1)C(=O)C(=O)NC1CC1. The third-order valence-corrected chi connectivity index (χ3v) is 15.3. The van der Waals surface area contributed by atoms with Crippen molar-refractivity contribution in [2.75, 3.05) is 26.7 Å². The number of amides is 4. The molecule has 0 aromatic rings. The molecule has 11 heteroatoms. The molecule has 6 atom stereocenters. The molecule has 6 fully saturated rings. The first-order chi connectivity index (χ1) is 25.5. The Bertz CT molecular complexity index is 1470. The predicted molar refractivity (Wildman–Crippen MR) is 207 cm³/mol. The van der Waals surface area contributed by atoms with Crippen LogP contribution in [0, 0.1) is 39.4 Å². The van der Waals surface area contributed by atoms with Crippen LogP contribution in [0.15, 0.2) is 0 Å². The monoisotopic (exact) mass is 752 g/mol. The third kappa shape index (κ3) is 7.65. The highest BCUT2D eigenvalue weighted by Gasteiger charge is 2.85. The molecule has 4 amide bonds. The van der Waals surface area contributed by atoms with Crippen molar-refractivity contribution in [1.82, 2.24) is 25.8 Å². The van der Waals surface area contributed by atoms with Crippen LogP contribution >= 0.6 is 0 Å². The number of nitrogens with one attached hydrogen (secondary N) is 3. The molecule has 2 spiro atoms. The molecule has 0 unspecified atom stereocenters. The maximum atomic E-state index is 15.1. The van der Waals surface area contributed by atoms with E-state index >= 15 is 4.79 Å². The van der Waals surface area contributed by atoms with Gasteiger partial charge in [0.05, 0.1) is 18.0 Å². The highest BCUT2D eigenvalue weighted by Crippen LogP contribution is 2.88. The second-order valence-corrected chi connectivity index (χ2v) is 19.9. The molecule has 0 aromatic carbocycles. The Balaban J connectivity index is 1.25. The maximum absolute atomic E-state index is 15.1. The number of likely N-dealkylation sites (tertiary alicyclic amines) is 2. The standard InChI is InChI=1S/C43H69N5O6/c1-8-14-31(35(50)38(53)44-29-18-19-29)45-37(52)32-24-43(41(5,6)42(43)20-13-21-42)26-48(32)39(54)30(40(2,3)4)23-33(49)34(27-15-10-9-11-16-27)46-36(51)28-17-12-22-47(7)25-28/h27-32,34H,8-26H2,1-7H3,(H,44,53)(H,45,52)(H,46,51)/t28-,30-,31+,32+,34+,43-/m1/s1. The quantitative estimate of drug-likeness (QED) is 0.213. The average molecular weight is 752 g/mol. The molecule has 11 nitrogen and oxygen atoms in total. The second-order valence-electron chi connectivity index (χ2n) is 19.9. The molecule has 6 rings (SSSR count). The summed E-state index contributed by atoms with van der Waals surface area (Å²) in [5, 5.41) is 8.95. The number of piperidine rings is 1. The average Bonchev–Trinajstić information content (AvgIpc) is 3.93. The highest BCUT2D eigenvalue weighted by atomic mass is 16.2. The van der Waals surface area contributed by atoms with Gasteiger partial charge in [0.1, 0.15) is 6.04 Å². The third-order valence-electron chi connectivity index (χ3n) is 15.3. The lowest BCUT2D eigenvalue weighted by Gasteiger charge is -2.37. The Kier molecular flexibility index (Phi) is 11.8. The molecule has 3 N–H and O–H groups in total. The Morgan fingerprint density at radius 1 is 0.833 bits per heavy atom. The number of hydrogen-bond acceptors (Lipinski definition) is 7. The number of Topliss-reactive ketones (excluding diaryl/α,β-unsaturated/α-hetero) is 2. The zero-order valence-corrected chi connectivity index (χ0v) is 34.3. The van der Waals surface area contributed by atoms with Gasteiger partial charge in [-0.1, -0.05) is 73.6 Å². The maximum Gasteiger partial charge on any atom is 0.289 e. The van der Waals surface area contributed by atoms with Crippen molar-refractivity contribution in [1.29, 1.82) is 0 Å². The van der Waals surface area contributed by atoms with Crippen LogP contribution in [0.1, 0.15) is 144 Å². The summed E-state index contributed by atoms with van der Waals surface area (Å²) in [7, 11) is 2.03. The van der Waals surface area contributed by atoms with E-state index in [2.05, 4.69) is 34.7 Å². The van der Waals surface area contributed by atoms with Gasteiger partial charge >= 0.3 is 0 Å². The first-order valence-electron chi connectivity index (χ1n) is 21.4. The van der Waals surface area contributed by atoms with E-state index in [1.165, 1.54) is 0 Å². The number of fused-ring (bicyclic) bond motifs is 1. The summed E-state index contributed by atoms with van der Waals surface area (Å²) in [6.07, 6.45) is 13.0. The molecule has 4 aliphatic carbocycles. The highest BCUT2D eigenvalue weighted by molar-refractivity contribution is 6.38. The van der Waals surface area contributed by atoms with Crippen LogP contribution in [-0.2, 0) is 28.8 Å². The van der Waals surface area contributed by atoms with Crippen LogP contribution in [0.25, 0.3) is 0 Å². The minimum absolute atomic E-state index is 0.0149. The topological polar surface area (TPSA) is 145 Å². The van der Waals surface area contributed by atoms with Crippen molar-refractivity contribution < 1.29 is 28.8 Å². The minimum Gasteiger partial charge on any atom is -0.347 e. The van der Waals surface area contributed by atoms with Gasteiger partial charge in [-0.3, -0.25) is 28.8 Å². The molecule has 0 radical (unpaired) electrons. The van der Waals surface area contributed by atoms with Gasteiger partial charge in [0.25, 0.3) is 5.91 Å². The van der Waals surface area contributed by atoms with E-state index < -0.39 is 47.1 Å². The van der Waals surface area contributed by atoms with E-state index in [0.717, 1.165) is 83.6 Å². The molecule has 2 saturated heterocycles. The smallest absolute Gasteiger partial charge is 0.289 e. The molecule has 54 heavy (non-hydrogen) atoms. The van der Waals surface area contributed by atoms with Crippen molar-refractivity contribution in [3.8, 4) is 0 Å². The van der Waals surface area contributed by atoms with Gasteiger partial charge in [0.2, 0.25) is 23.5 Å². The molecule has 2 aliphatic heterocycles. The fourth-order valence-corrected chi connectivity index (χ4v) is 11.4. The number of rotatable bonds is 14. The van der Waals surface area contributed by atoms with Crippen LogP contribution in [0.4, 0.5) is 0 Å². The van der Waals surface area contributed by atoms with Gasteiger partial charge in [-0.2, -0.15) is 0 Å². The first kappa shape index (κ1) is 40.8. The molecule has 0 bridgehead atoms. The summed E-state index contributed by atoms with van der Waals surface area (Å²) in [4.78, 5) is 88.0. The summed E-state index contributed by atoms with van der Waals surface area (Å²) in [5.74, 6) is -2.90. The Morgan fingerprint density at radius 3 is 2.07 bits per heavy atom. The van der Waals surface area contributed by atoms with E-state index in [1.54, 1.807) is 4.90 Å². The van der Waals surface area contributed by atoms with Gasteiger partial charge in [-0.15, -0.1) is 0 Å². The summed E-state index contributed by atoms with van der Waals surface area (Å²) in [5.41, 5.74) is -0.842. The van der Waals surface area contributed by atoms with E-state index in [0.29, 0.717) is 32.4 Å². The Labute approximate surface area is 323 Å². The van der Waals surface area contributed by atoms with Crippen LogP contribution in [0.5, 0.6) is 0 Å². The largest absolute Gasteiger partial charge is 0.347 e. The Hall–Kier alpha value is -2.82. The number of nitrogens with zero attached hydrogens (tertiary/aromatic N) is 2. The predicted octanol–water partition coefficient (Wildman–Crippen LogP) is 4.94. The van der Waals surface area contributed by atoms with Gasteiger partial charge < -0.3 is 25.8 Å². The normalized spacial score (nSPS) is 29.5. The zero-order chi connectivity index (χ0) is 39.2. The molecule has 0 aromatic heterocycles. The number of carbonyl (C=O) groups is 6. The van der Waals surface area contributed by atoms with Gasteiger partial charge in [0.15, 0.2) is 5.78 Å². The van der Waals surface area contributed by atoms with E-state index in [-0.39, 0.29) is 58.1 Å². The molecule has 4 saturated carbocycles. The summed E-state index contributed by atoms with van der Waals surface area (Å²) in [6, 6.07) is -2.40. The van der Waals surface area contributed by atoms with Crippen LogP contribution in [-0.4, -0.2) is 95.8 Å². The number of hydrogen-bond donors (Lipinski definition) is 3. The minimum atomic E-state index is -0.969. The lowest BCUT2D eigenvalue weighted by molar-refractivity contribution is -0.147. The number of carbonyl (C=O) groups excluding carboxylic acids is 6. The molecular weight excluding hydrogens is 683 g/mol. The van der Waals surface area contributed by atoms with Crippen LogP contribution in [0.3, 0.4) is 0 Å². The van der Waals surface area contributed by atoms with E-state index in [9.17, 15) is 24.0 Å². The van der Waals surface area contributed by atoms with Crippen molar-refractivity contribution in [2.24, 2.45) is 39.4 Å². The van der Waals surface area contributed by atoms with Gasteiger partial charge in [-0.25, -0.2) is 0 Å². The van der Waals surface area contributed by atoms with Crippen LogP contribution < -0.4 is 16.0 Å². The van der Waals surface area contributed by atoms with Crippen molar-refractivity contribution in [2.45, 2.75) is 168 Å². The van der Waals surface area contributed by atoms with Gasteiger partial charge in [0, 0.05) is 36.9 Å². The first-order valence-corrected chi connectivity index (χ1v) is 21.4.